The summed E-state index contributed by atoms with van der Waals surface area (Å²) < 4.78 is 0. The molecule has 1 heterocycles. The standard InChI is InChI=1S/C15H20ClN3O2.ClH/c1-19(15(21)11-5-7-17-8-6-11)10-14(20)18-13-4-2-3-12(16)9-13;/h2-4,9,11,17H,5-8,10H2,1H3,(H,18,20);1H. The Morgan fingerprint density at radius 2 is 2.05 bits per heavy atom. The molecular weight excluding hydrogens is 325 g/mol. The van der Waals surface area contributed by atoms with Gasteiger partial charge in [-0.25, -0.2) is 0 Å². The number of halogens is 2. The number of hydrogen-bond acceptors (Lipinski definition) is 3. The summed E-state index contributed by atoms with van der Waals surface area (Å²) in [6.07, 6.45) is 1.66. The fraction of sp³-hybridized carbons (Fsp3) is 0.467. The molecular formula is C15H21Cl2N3O2. The van der Waals surface area contributed by atoms with Gasteiger partial charge >= 0.3 is 0 Å². The van der Waals surface area contributed by atoms with Crippen LogP contribution < -0.4 is 10.6 Å². The summed E-state index contributed by atoms with van der Waals surface area (Å²) in [5.41, 5.74) is 0.634. The zero-order valence-electron chi connectivity index (χ0n) is 12.5. The first-order valence-corrected chi connectivity index (χ1v) is 7.45. The summed E-state index contributed by atoms with van der Waals surface area (Å²) in [6.45, 7) is 1.77. The van der Waals surface area contributed by atoms with Gasteiger partial charge in [-0.2, -0.15) is 0 Å². The van der Waals surface area contributed by atoms with Gasteiger partial charge in [-0.15, -0.1) is 12.4 Å². The van der Waals surface area contributed by atoms with Crippen LogP contribution in [0.3, 0.4) is 0 Å². The van der Waals surface area contributed by atoms with Crippen LogP contribution in [0.1, 0.15) is 12.8 Å². The Morgan fingerprint density at radius 1 is 1.36 bits per heavy atom. The van der Waals surface area contributed by atoms with E-state index in [0.29, 0.717) is 10.7 Å². The Labute approximate surface area is 141 Å². The van der Waals surface area contributed by atoms with Crippen LogP contribution in [0, 0.1) is 5.92 Å². The number of nitrogens with one attached hydrogen (secondary N) is 2. The van der Waals surface area contributed by atoms with E-state index in [9.17, 15) is 9.59 Å². The SMILES string of the molecule is CN(CC(=O)Nc1cccc(Cl)c1)C(=O)C1CCNCC1.Cl. The Balaban J connectivity index is 0.00000242. The minimum absolute atomic E-state index is 0. The number of likely N-dealkylation sites (N-methyl/N-ethyl adjacent to an activating group) is 1. The van der Waals surface area contributed by atoms with Gasteiger partial charge in [0.2, 0.25) is 11.8 Å². The summed E-state index contributed by atoms with van der Waals surface area (Å²) in [6, 6.07) is 6.94. The number of anilines is 1. The second-order valence-electron chi connectivity index (χ2n) is 5.28. The van der Waals surface area contributed by atoms with Crippen molar-refractivity contribution < 1.29 is 9.59 Å². The molecule has 22 heavy (non-hydrogen) atoms. The Bertz CT molecular complexity index is 519. The highest BCUT2D eigenvalue weighted by molar-refractivity contribution is 6.30. The van der Waals surface area contributed by atoms with E-state index >= 15 is 0 Å². The van der Waals surface area contributed by atoms with E-state index in [-0.39, 0.29) is 36.7 Å². The normalized spacial score (nSPS) is 14.8. The number of carbonyl (C=O) groups excluding carboxylic acids is 2. The lowest BCUT2D eigenvalue weighted by Gasteiger charge is -2.26. The number of hydrogen-bond donors (Lipinski definition) is 2. The molecule has 1 aromatic carbocycles. The van der Waals surface area contributed by atoms with Crippen molar-refractivity contribution >= 4 is 41.5 Å². The number of nitrogens with zero attached hydrogens (tertiary/aromatic N) is 1. The van der Waals surface area contributed by atoms with Crippen LogP contribution in [0.5, 0.6) is 0 Å². The summed E-state index contributed by atoms with van der Waals surface area (Å²) in [5, 5.41) is 6.53. The largest absolute Gasteiger partial charge is 0.336 e. The third-order valence-corrected chi connectivity index (χ3v) is 3.79. The number of piperidine rings is 1. The Hall–Kier alpha value is -1.30. The predicted molar refractivity (Wildman–Crippen MR) is 90.6 cm³/mol. The first kappa shape index (κ1) is 18.7. The van der Waals surface area contributed by atoms with Crippen molar-refractivity contribution in [3.63, 3.8) is 0 Å². The second-order valence-corrected chi connectivity index (χ2v) is 5.71. The van der Waals surface area contributed by atoms with Gasteiger partial charge in [0.05, 0.1) is 6.54 Å². The molecule has 1 aliphatic heterocycles. The molecule has 7 heteroatoms. The van der Waals surface area contributed by atoms with Crippen molar-refractivity contribution in [2.24, 2.45) is 5.92 Å². The van der Waals surface area contributed by atoms with Gasteiger partial charge in [0.15, 0.2) is 0 Å². The number of amides is 2. The Morgan fingerprint density at radius 3 is 2.68 bits per heavy atom. The minimum Gasteiger partial charge on any atom is -0.336 e. The first-order valence-electron chi connectivity index (χ1n) is 7.07. The molecule has 1 saturated heterocycles. The van der Waals surface area contributed by atoms with E-state index in [1.54, 1.807) is 31.3 Å². The fourth-order valence-corrected chi connectivity index (χ4v) is 2.63. The fourth-order valence-electron chi connectivity index (χ4n) is 2.44. The van der Waals surface area contributed by atoms with Crippen molar-refractivity contribution in [1.29, 1.82) is 0 Å². The van der Waals surface area contributed by atoms with E-state index in [1.165, 1.54) is 4.90 Å². The molecule has 0 unspecified atom stereocenters. The highest BCUT2D eigenvalue weighted by Crippen LogP contribution is 2.16. The van der Waals surface area contributed by atoms with Gasteiger partial charge in [-0.1, -0.05) is 17.7 Å². The number of rotatable bonds is 4. The number of benzene rings is 1. The second kappa shape index (κ2) is 8.98. The molecule has 1 aliphatic rings. The van der Waals surface area contributed by atoms with E-state index in [1.807, 2.05) is 0 Å². The molecule has 0 atom stereocenters. The van der Waals surface area contributed by atoms with Crippen LogP contribution in [-0.4, -0.2) is 43.4 Å². The van der Waals surface area contributed by atoms with Gasteiger partial charge in [0.1, 0.15) is 0 Å². The lowest BCUT2D eigenvalue weighted by molar-refractivity contribution is -0.137. The molecule has 1 aromatic rings. The van der Waals surface area contributed by atoms with E-state index < -0.39 is 0 Å². The van der Waals surface area contributed by atoms with Crippen molar-refractivity contribution in [2.75, 3.05) is 32.0 Å². The minimum atomic E-state index is -0.220. The molecule has 0 radical (unpaired) electrons. The van der Waals surface area contributed by atoms with Gasteiger partial charge in [0, 0.05) is 23.7 Å². The van der Waals surface area contributed by atoms with Crippen molar-refractivity contribution in [3.8, 4) is 0 Å². The zero-order valence-corrected chi connectivity index (χ0v) is 14.0. The number of carbonyl (C=O) groups is 2. The van der Waals surface area contributed by atoms with E-state index in [0.717, 1.165) is 25.9 Å². The molecule has 2 N–H and O–H groups in total. The summed E-state index contributed by atoms with van der Waals surface area (Å²) >= 11 is 5.86. The molecule has 1 fully saturated rings. The quantitative estimate of drug-likeness (QED) is 0.878. The molecule has 2 amide bonds. The van der Waals surface area contributed by atoms with Gasteiger partial charge in [0.25, 0.3) is 0 Å². The molecule has 2 rings (SSSR count). The van der Waals surface area contributed by atoms with Crippen molar-refractivity contribution in [1.82, 2.24) is 10.2 Å². The van der Waals surface area contributed by atoms with Gasteiger partial charge < -0.3 is 15.5 Å². The Kier molecular flexibility index (Phi) is 7.65. The molecule has 5 nitrogen and oxygen atoms in total. The smallest absolute Gasteiger partial charge is 0.243 e. The third-order valence-electron chi connectivity index (χ3n) is 3.55. The average molecular weight is 346 g/mol. The van der Waals surface area contributed by atoms with Crippen molar-refractivity contribution in [2.45, 2.75) is 12.8 Å². The average Bonchev–Trinajstić information content (AvgIpc) is 2.47. The monoisotopic (exact) mass is 345 g/mol. The third kappa shape index (κ3) is 5.48. The maximum atomic E-state index is 12.2. The van der Waals surface area contributed by atoms with E-state index in [4.69, 9.17) is 11.6 Å². The van der Waals surface area contributed by atoms with Crippen LogP contribution in [0.15, 0.2) is 24.3 Å². The van der Waals surface area contributed by atoms with E-state index in [2.05, 4.69) is 10.6 Å². The van der Waals surface area contributed by atoms with Crippen LogP contribution in [0.2, 0.25) is 5.02 Å². The van der Waals surface area contributed by atoms with Crippen molar-refractivity contribution in [3.05, 3.63) is 29.3 Å². The highest BCUT2D eigenvalue weighted by Gasteiger charge is 2.24. The lowest BCUT2D eigenvalue weighted by atomic mass is 9.97. The topological polar surface area (TPSA) is 61.4 Å². The molecule has 122 valence electrons. The van der Waals surface area contributed by atoms with Gasteiger partial charge in [-0.3, -0.25) is 9.59 Å². The summed E-state index contributed by atoms with van der Waals surface area (Å²) in [4.78, 5) is 25.7. The maximum absolute atomic E-state index is 12.2. The zero-order chi connectivity index (χ0) is 15.2. The summed E-state index contributed by atoms with van der Waals surface area (Å²) in [7, 11) is 1.67. The molecule has 0 aliphatic carbocycles. The van der Waals surface area contributed by atoms with Crippen LogP contribution in [-0.2, 0) is 9.59 Å². The van der Waals surface area contributed by atoms with Crippen LogP contribution in [0.4, 0.5) is 5.69 Å². The molecule has 0 bridgehead atoms. The van der Waals surface area contributed by atoms with Gasteiger partial charge in [-0.05, 0) is 44.1 Å². The summed E-state index contributed by atoms with van der Waals surface area (Å²) in [5.74, 6) is -0.157. The predicted octanol–water partition coefficient (Wildman–Crippen LogP) is 2.16. The van der Waals surface area contributed by atoms with Crippen LogP contribution >= 0.6 is 24.0 Å². The lowest BCUT2D eigenvalue weighted by Crippen LogP contribution is -2.42. The van der Waals surface area contributed by atoms with Crippen LogP contribution in [0.25, 0.3) is 0 Å². The maximum Gasteiger partial charge on any atom is 0.243 e. The molecule has 0 aromatic heterocycles. The first-order chi connectivity index (χ1) is 10.1. The highest BCUT2D eigenvalue weighted by atomic mass is 35.5. The molecule has 0 saturated carbocycles. The molecule has 0 spiro atoms.